The number of nitrogens with zero attached hydrogens (tertiary/aromatic N) is 2. The number of hydrogen-bond acceptors (Lipinski definition) is 6. The lowest BCUT2D eigenvalue weighted by atomic mass is 9.93. The van der Waals surface area contributed by atoms with Crippen molar-refractivity contribution in [2.75, 3.05) is 10.7 Å². The molecule has 8 nitrogen and oxygen atoms in total. The van der Waals surface area contributed by atoms with E-state index in [1.807, 2.05) is 0 Å². The Morgan fingerprint density at radius 2 is 1.81 bits per heavy atom. The summed E-state index contributed by atoms with van der Waals surface area (Å²) in [4.78, 5) is 46.7. The minimum atomic E-state index is -1.21. The molecular weight excluding hydrogens is 367 g/mol. The average molecular weight is 380 g/mol. The van der Waals surface area contributed by atoms with Crippen LogP contribution in [0.15, 0.2) is 28.2 Å². The lowest BCUT2D eigenvalue weighted by Gasteiger charge is -2.17. The predicted molar refractivity (Wildman–Crippen MR) is 89.4 cm³/mol. The van der Waals surface area contributed by atoms with E-state index in [0.717, 1.165) is 18.9 Å². The fraction of sp³-hybridized carbons (Fsp3) is 0.312. The lowest BCUT2D eigenvalue weighted by Crippen LogP contribution is -2.32. The number of nitro groups is 1. The number of rotatable bonds is 5. The van der Waals surface area contributed by atoms with Gasteiger partial charge >= 0.3 is 5.97 Å². The third kappa shape index (κ3) is 3.07. The van der Waals surface area contributed by atoms with E-state index in [-0.39, 0.29) is 4.90 Å². The van der Waals surface area contributed by atoms with E-state index in [0.29, 0.717) is 46.7 Å². The third-order valence-corrected chi connectivity index (χ3v) is 5.24. The smallest absolute Gasteiger partial charge is 0.313 e. The van der Waals surface area contributed by atoms with Gasteiger partial charge in [-0.15, -0.1) is 11.8 Å². The number of halogens is 1. The SMILES string of the molecule is O=C(O)CSc1cc(N2C(=O)C3=C(CCCC3)C2=O)c(F)cc1[N+](=O)[O-]. The highest BCUT2D eigenvalue weighted by molar-refractivity contribution is 8.00. The van der Waals surface area contributed by atoms with Crippen LogP contribution in [0, 0.1) is 15.9 Å². The molecule has 0 fully saturated rings. The molecule has 0 bridgehead atoms. The fourth-order valence-corrected chi connectivity index (χ4v) is 3.81. The lowest BCUT2D eigenvalue weighted by molar-refractivity contribution is -0.387. The van der Waals surface area contributed by atoms with Crippen LogP contribution in [0.3, 0.4) is 0 Å². The molecule has 1 aliphatic carbocycles. The molecule has 1 N–H and O–H groups in total. The molecule has 136 valence electrons. The molecule has 0 saturated carbocycles. The van der Waals surface area contributed by atoms with Crippen molar-refractivity contribution in [1.29, 1.82) is 0 Å². The summed E-state index contributed by atoms with van der Waals surface area (Å²) < 4.78 is 14.5. The van der Waals surface area contributed by atoms with Crippen molar-refractivity contribution in [2.45, 2.75) is 30.6 Å². The normalized spacial score (nSPS) is 16.9. The molecular formula is C16H13FN2O6S. The van der Waals surface area contributed by atoms with Crippen LogP contribution in [0.4, 0.5) is 15.8 Å². The zero-order chi connectivity index (χ0) is 19.0. The number of imide groups is 1. The van der Waals surface area contributed by atoms with Crippen molar-refractivity contribution >= 4 is 40.9 Å². The highest BCUT2D eigenvalue weighted by atomic mass is 32.2. The highest BCUT2D eigenvalue weighted by Gasteiger charge is 2.41. The molecule has 1 aliphatic heterocycles. The highest BCUT2D eigenvalue weighted by Crippen LogP contribution is 2.40. The van der Waals surface area contributed by atoms with Crippen LogP contribution < -0.4 is 4.90 Å². The molecule has 1 aromatic rings. The Morgan fingerprint density at radius 3 is 2.31 bits per heavy atom. The Kier molecular flexibility index (Phi) is 4.77. The maximum atomic E-state index is 14.5. The second-order valence-electron chi connectivity index (χ2n) is 5.82. The summed E-state index contributed by atoms with van der Waals surface area (Å²) in [5.41, 5.74) is -0.292. The van der Waals surface area contributed by atoms with Gasteiger partial charge in [0.2, 0.25) is 0 Å². The number of amides is 2. The van der Waals surface area contributed by atoms with E-state index < -0.39 is 45.7 Å². The van der Waals surface area contributed by atoms with Crippen molar-refractivity contribution in [3.05, 3.63) is 39.2 Å². The topological polar surface area (TPSA) is 118 Å². The molecule has 3 rings (SSSR count). The summed E-state index contributed by atoms with van der Waals surface area (Å²) in [6.45, 7) is 0. The quantitative estimate of drug-likeness (QED) is 0.361. The first-order valence-electron chi connectivity index (χ1n) is 7.74. The molecule has 0 saturated heterocycles. The zero-order valence-electron chi connectivity index (χ0n) is 13.4. The first kappa shape index (κ1) is 18.1. The van der Waals surface area contributed by atoms with Gasteiger partial charge in [-0.1, -0.05) is 0 Å². The van der Waals surface area contributed by atoms with Gasteiger partial charge in [-0.2, -0.15) is 0 Å². The Morgan fingerprint density at radius 1 is 1.23 bits per heavy atom. The Labute approximate surface area is 150 Å². The summed E-state index contributed by atoms with van der Waals surface area (Å²) in [5.74, 6) is -4.01. The number of benzene rings is 1. The Hall–Kier alpha value is -2.75. The van der Waals surface area contributed by atoms with Gasteiger partial charge in [0.15, 0.2) is 5.82 Å². The number of carboxylic acid groups (broad SMARTS) is 1. The van der Waals surface area contributed by atoms with E-state index in [1.165, 1.54) is 0 Å². The van der Waals surface area contributed by atoms with Crippen LogP contribution in [0.25, 0.3) is 0 Å². The Bertz CT molecular complexity index is 854. The van der Waals surface area contributed by atoms with Gasteiger partial charge in [-0.3, -0.25) is 24.5 Å². The number of carbonyl (C=O) groups is 3. The molecule has 0 radical (unpaired) electrons. The Balaban J connectivity index is 2.04. The van der Waals surface area contributed by atoms with Crippen molar-refractivity contribution in [3.63, 3.8) is 0 Å². The van der Waals surface area contributed by atoms with Crippen molar-refractivity contribution in [2.24, 2.45) is 0 Å². The molecule has 2 amide bonds. The van der Waals surface area contributed by atoms with Crippen LogP contribution in [0.2, 0.25) is 0 Å². The van der Waals surface area contributed by atoms with Gasteiger partial charge in [0, 0.05) is 11.1 Å². The van der Waals surface area contributed by atoms with Crippen molar-refractivity contribution < 1.29 is 28.8 Å². The third-order valence-electron chi connectivity index (χ3n) is 4.21. The summed E-state index contributed by atoms with van der Waals surface area (Å²) in [5, 5.41) is 19.9. The molecule has 2 aliphatic rings. The molecule has 26 heavy (non-hydrogen) atoms. The van der Waals surface area contributed by atoms with E-state index >= 15 is 0 Å². The average Bonchev–Trinajstić information content (AvgIpc) is 2.85. The van der Waals surface area contributed by atoms with Gasteiger partial charge < -0.3 is 5.11 Å². The minimum absolute atomic E-state index is 0.126. The molecule has 1 heterocycles. The second kappa shape index (κ2) is 6.87. The largest absolute Gasteiger partial charge is 0.481 e. The maximum Gasteiger partial charge on any atom is 0.313 e. The van der Waals surface area contributed by atoms with Gasteiger partial charge in [-0.05, 0) is 31.7 Å². The van der Waals surface area contributed by atoms with Crippen LogP contribution in [-0.2, 0) is 14.4 Å². The van der Waals surface area contributed by atoms with E-state index in [2.05, 4.69) is 0 Å². The summed E-state index contributed by atoms with van der Waals surface area (Å²) in [6, 6.07) is 1.60. The van der Waals surface area contributed by atoms with Crippen LogP contribution in [0.1, 0.15) is 25.7 Å². The van der Waals surface area contributed by atoms with Crippen LogP contribution in [0.5, 0.6) is 0 Å². The van der Waals surface area contributed by atoms with E-state index in [4.69, 9.17) is 5.11 Å². The molecule has 0 unspecified atom stereocenters. The molecule has 0 spiro atoms. The standard InChI is InChI=1S/C16H13FN2O6S/c17-10-5-12(19(24)25)13(26-7-14(20)21)6-11(10)18-15(22)8-3-1-2-4-9(8)16(18)23/h5-6H,1-4,7H2,(H,20,21). The molecule has 1 aromatic carbocycles. The van der Waals surface area contributed by atoms with Gasteiger partial charge in [0.25, 0.3) is 17.5 Å². The number of carbonyl (C=O) groups excluding carboxylic acids is 2. The number of aliphatic carboxylic acids is 1. The first-order valence-corrected chi connectivity index (χ1v) is 8.73. The minimum Gasteiger partial charge on any atom is -0.481 e. The van der Waals surface area contributed by atoms with E-state index in [1.54, 1.807) is 0 Å². The van der Waals surface area contributed by atoms with Gasteiger partial charge in [-0.25, -0.2) is 9.29 Å². The number of nitro benzene ring substituents is 1. The number of carboxylic acids is 1. The summed E-state index contributed by atoms with van der Waals surface area (Å²) in [7, 11) is 0. The summed E-state index contributed by atoms with van der Waals surface area (Å²) in [6.07, 6.45) is 2.39. The van der Waals surface area contributed by atoms with Gasteiger partial charge in [0.05, 0.1) is 27.3 Å². The number of hydrogen-bond donors (Lipinski definition) is 1. The first-order chi connectivity index (χ1) is 12.3. The monoisotopic (exact) mass is 380 g/mol. The molecule has 0 aromatic heterocycles. The van der Waals surface area contributed by atoms with Crippen molar-refractivity contribution in [3.8, 4) is 0 Å². The van der Waals surface area contributed by atoms with Crippen LogP contribution >= 0.6 is 11.8 Å². The van der Waals surface area contributed by atoms with Gasteiger partial charge in [0.1, 0.15) is 0 Å². The second-order valence-corrected chi connectivity index (χ2v) is 6.84. The fourth-order valence-electron chi connectivity index (χ4n) is 3.06. The zero-order valence-corrected chi connectivity index (χ0v) is 14.2. The number of thioether (sulfide) groups is 1. The molecule has 0 atom stereocenters. The number of anilines is 1. The predicted octanol–water partition coefficient (Wildman–Crippen LogP) is 2.65. The van der Waals surface area contributed by atoms with E-state index in [9.17, 15) is 28.9 Å². The summed E-state index contributed by atoms with van der Waals surface area (Å²) >= 11 is 0.622. The van der Waals surface area contributed by atoms with Crippen molar-refractivity contribution in [1.82, 2.24) is 0 Å². The molecule has 10 heteroatoms. The maximum absolute atomic E-state index is 14.5. The van der Waals surface area contributed by atoms with Crippen LogP contribution in [-0.4, -0.2) is 33.6 Å².